The van der Waals surface area contributed by atoms with E-state index >= 15 is 0 Å². The van der Waals surface area contributed by atoms with Crippen molar-refractivity contribution in [3.8, 4) is 17.6 Å². The van der Waals surface area contributed by atoms with Gasteiger partial charge in [-0.1, -0.05) is 0 Å². The van der Waals surface area contributed by atoms with Crippen molar-refractivity contribution >= 4 is 11.9 Å². The van der Waals surface area contributed by atoms with Crippen molar-refractivity contribution in [2.45, 2.75) is 12.8 Å². The maximum Gasteiger partial charge on any atom is 0.313 e. The first-order valence-corrected chi connectivity index (χ1v) is 8.17. The molecule has 1 amide bonds. The van der Waals surface area contributed by atoms with Gasteiger partial charge in [0.1, 0.15) is 5.41 Å². The maximum absolute atomic E-state index is 12.5. The highest BCUT2D eigenvalue weighted by atomic mass is 16.5. The van der Waals surface area contributed by atoms with E-state index in [0.717, 1.165) is 0 Å². The first-order valence-electron chi connectivity index (χ1n) is 8.17. The van der Waals surface area contributed by atoms with Crippen LogP contribution < -0.4 is 9.47 Å². The second-order valence-corrected chi connectivity index (χ2v) is 6.20. The molecule has 1 unspecified atom stereocenters. The van der Waals surface area contributed by atoms with Gasteiger partial charge in [0, 0.05) is 26.3 Å². The number of piperidine rings is 1. The van der Waals surface area contributed by atoms with E-state index in [2.05, 4.69) is 0 Å². The molecular weight excluding hydrogens is 340 g/mol. The van der Waals surface area contributed by atoms with Gasteiger partial charge in [-0.2, -0.15) is 5.26 Å². The fourth-order valence-corrected chi connectivity index (χ4v) is 3.06. The lowest BCUT2D eigenvalue weighted by atomic mass is 9.80. The number of amides is 1. The van der Waals surface area contributed by atoms with Gasteiger partial charge in [0.15, 0.2) is 18.1 Å². The Balaban J connectivity index is 2.04. The van der Waals surface area contributed by atoms with Crippen LogP contribution in [-0.2, 0) is 14.3 Å². The van der Waals surface area contributed by atoms with Crippen LogP contribution in [0, 0.1) is 16.7 Å². The summed E-state index contributed by atoms with van der Waals surface area (Å²) in [5.41, 5.74) is -0.670. The number of nitrogens with zero attached hydrogens (tertiary/aromatic N) is 2. The monoisotopic (exact) mass is 362 g/mol. The molecule has 1 aromatic rings. The summed E-state index contributed by atoms with van der Waals surface area (Å²) in [6, 6.07) is 6.65. The number of carboxylic acid groups (broad SMARTS) is 1. The number of carbonyl (C=O) groups is 2. The fourth-order valence-electron chi connectivity index (χ4n) is 3.06. The Hall–Kier alpha value is -2.79. The highest BCUT2D eigenvalue weighted by Crippen LogP contribution is 2.31. The first-order chi connectivity index (χ1) is 12.5. The molecule has 140 valence electrons. The van der Waals surface area contributed by atoms with Crippen LogP contribution in [0.4, 0.5) is 0 Å². The summed E-state index contributed by atoms with van der Waals surface area (Å²) in [4.78, 5) is 25.6. The molecule has 1 saturated heterocycles. The molecule has 8 heteroatoms. The molecule has 0 saturated carbocycles. The van der Waals surface area contributed by atoms with E-state index in [1.807, 2.05) is 6.07 Å². The predicted molar refractivity (Wildman–Crippen MR) is 91.0 cm³/mol. The lowest BCUT2D eigenvalue weighted by Gasteiger charge is -2.39. The van der Waals surface area contributed by atoms with Crippen molar-refractivity contribution in [3.63, 3.8) is 0 Å². The van der Waals surface area contributed by atoms with Gasteiger partial charge in [0.25, 0.3) is 5.91 Å². The molecule has 1 heterocycles. The minimum Gasteiger partial charge on any atom is -0.493 e. The van der Waals surface area contributed by atoms with Gasteiger partial charge in [-0.25, -0.2) is 0 Å². The van der Waals surface area contributed by atoms with Crippen LogP contribution in [0.25, 0.3) is 0 Å². The third kappa shape index (κ3) is 4.24. The third-order valence-electron chi connectivity index (χ3n) is 4.45. The molecule has 1 aliphatic rings. The molecule has 0 aliphatic carbocycles. The molecule has 2 rings (SSSR count). The molecule has 1 aromatic carbocycles. The van der Waals surface area contributed by atoms with E-state index in [-0.39, 0.29) is 25.7 Å². The smallest absolute Gasteiger partial charge is 0.313 e. The molecule has 0 radical (unpaired) electrons. The zero-order valence-electron chi connectivity index (χ0n) is 14.9. The Morgan fingerprint density at radius 2 is 2.12 bits per heavy atom. The third-order valence-corrected chi connectivity index (χ3v) is 4.45. The number of nitriles is 1. The van der Waals surface area contributed by atoms with Gasteiger partial charge in [0.2, 0.25) is 0 Å². The lowest BCUT2D eigenvalue weighted by molar-refractivity contribution is -0.159. The van der Waals surface area contributed by atoms with Crippen molar-refractivity contribution in [3.05, 3.63) is 23.8 Å². The first kappa shape index (κ1) is 19.5. The molecular formula is C18H22N2O6. The van der Waals surface area contributed by atoms with Crippen molar-refractivity contribution in [2.24, 2.45) is 5.41 Å². The quantitative estimate of drug-likeness (QED) is 0.778. The molecule has 0 bridgehead atoms. The van der Waals surface area contributed by atoms with E-state index < -0.39 is 11.4 Å². The predicted octanol–water partition coefficient (Wildman–Crippen LogP) is 1.29. The van der Waals surface area contributed by atoms with Gasteiger partial charge in [0.05, 0.1) is 25.3 Å². The number of methoxy groups -OCH3 is 2. The summed E-state index contributed by atoms with van der Waals surface area (Å²) in [6.45, 7) is 0.371. The van der Waals surface area contributed by atoms with Crippen LogP contribution in [0.1, 0.15) is 18.4 Å². The molecule has 1 fully saturated rings. The van der Waals surface area contributed by atoms with Crippen molar-refractivity contribution < 1.29 is 28.9 Å². The average molecular weight is 362 g/mol. The zero-order chi connectivity index (χ0) is 19.2. The topological polar surface area (TPSA) is 109 Å². The Kier molecular flexibility index (Phi) is 6.41. The largest absolute Gasteiger partial charge is 0.493 e. The highest BCUT2D eigenvalue weighted by molar-refractivity contribution is 5.81. The summed E-state index contributed by atoms with van der Waals surface area (Å²) in [5, 5.41) is 18.5. The van der Waals surface area contributed by atoms with Crippen LogP contribution in [-0.4, -0.2) is 62.4 Å². The Morgan fingerprint density at radius 1 is 1.35 bits per heavy atom. The van der Waals surface area contributed by atoms with Gasteiger partial charge >= 0.3 is 5.97 Å². The number of carboxylic acids is 1. The van der Waals surface area contributed by atoms with E-state index in [1.54, 1.807) is 12.1 Å². The molecule has 1 atom stereocenters. The van der Waals surface area contributed by atoms with Gasteiger partial charge in [-0.15, -0.1) is 0 Å². The Morgan fingerprint density at radius 3 is 2.73 bits per heavy atom. The maximum atomic E-state index is 12.5. The average Bonchev–Trinajstić information content (AvgIpc) is 2.66. The van der Waals surface area contributed by atoms with Crippen LogP contribution >= 0.6 is 0 Å². The zero-order valence-corrected chi connectivity index (χ0v) is 14.9. The normalized spacial score (nSPS) is 19.5. The number of aliphatic carboxylic acids is 1. The number of benzene rings is 1. The standard InChI is InChI=1S/C18H22N2O6/c1-24-12-18(17(22)23)6-3-7-20(11-18)16(21)10-26-14-5-4-13(9-19)8-15(14)25-2/h4-5,8H,3,6-7,10-12H2,1-2H3,(H,22,23). The van der Waals surface area contributed by atoms with Gasteiger partial charge < -0.3 is 24.2 Å². The fraction of sp³-hybridized carbons (Fsp3) is 0.500. The highest BCUT2D eigenvalue weighted by Gasteiger charge is 2.43. The number of hydrogen-bond donors (Lipinski definition) is 1. The summed E-state index contributed by atoms with van der Waals surface area (Å²) in [6.07, 6.45) is 1.05. The minimum atomic E-state index is -1.09. The molecule has 1 N–H and O–H groups in total. The lowest BCUT2D eigenvalue weighted by Crippen LogP contribution is -2.53. The number of hydrogen-bond acceptors (Lipinski definition) is 6. The molecule has 26 heavy (non-hydrogen) atoms. The van der Waals surface area contributed by atoms with Crippen molar-refractivity contribution in [1.29, 1.82) is 5.26 Å². The van der Waals surface area contributed by atoms with E-state index in [9.17, 15) is 14.7 Å². The Labute approximate surface area is 151 Å². The van der Waals surface area contributed by atoms with Crippen molar-refractivity contribution in [2.75, 3.05) is 40.5 Å². The SMILES string of the molecule is COCC1(C(=O)O)CCCN(C(=O)COc2ccc(C#N)cc2OC)C1. The van der Waals surface area contributed by atoms with Gasteiger partial charge in [-0.05, 0) is 25.0 Å². The molecule has 0 aromatic heterocycles. The Bertz CT molecular complexity index is 710. The number of likely N-dealkylation sites (tertiary alicyclic amines) is 1. The summed E-state index contributed by atoms with van der Waals surface area (Å²) >= 11 is 0. The second-order valence-electron chi connectivity index (χ2n) is 6.20. The van der Waals surface area contributed by atoms with Crippen LogP contribution in [0.3, 0.4) is 0 Å². The minimum absolute atomic E-state index is 0.0520. The number of carbonyl (C=O) groups excluding carboxylic acids is 1. The molecule has 0 spiro atoms. The number of ether oxygens (including phenoxy) is 3. The van der Waals surface area contributed by atoms with E-state index in [4.69, 9.17) is 19.5 Å². The van der Waals surface area contributed by atoms with Crippen LogP contribution in [0.15, 0.2) is 18.2 Å². The second kappa shape index (κ2) is 8.54. The summed E-state index contributed by atoms with van der Waals surface area (Å²) in [5.74, 6) is -0.572. The van der Waals surface area contributed by atoms with Crippen LogP contribution in [0.2, 0.25) is 0 Å². The van der Waals surface area contributed by atoms with E-state index in [1.165, 1.54) is 25.2 Å². The summed E-state index contributed by atoms with van der Waals surface area (Å²) < 4.78 is 15.8. The van der Waals surface area contributed by atoms with Crippen molar-refractivity contribution in [1.82, 2.24) is 4.90 Å². The molecule has 1 aliphatic heterocycles. The van der Waals surface area contributed by atoms with E-state index in [0.29, 0.717) is 36.4 Å². The van der Waals surface area contributed by atoms with Gasteiger partial charge in [-0.3, -0.25) is 9.59 Å². The molecule has 8 nitrogen and oxygen atoms in total. The van der Waals surface area contributed by atoms with Crippen LogP contribution in [0.5, 0.6) is 11.5 Å². The summed E-state index contributed by atoms with van der Waals surface area (Å²) in [7, 11) is 2.90. The number of rotatable bonds is 7.